The summed E-state index contributed by atoms with van der Waals surface area (Å²) in [7, 11) is 1.69. The van der Waals surface area contributed by atoms with E-state index in [0.29, 0.717) is 12.3 Å². The molecule has 1 aromatic carbocycles. The Bertz CT molecular complexity index is 431. The second-order valence-electron chi connectivity index (χ2n) is 4.30. The molecular weight excluding hydrogens is 218 g/mol. The predicted molar refractivity (Wildman–Crippen MR) is 64.1 cm³/mol. The van der Waals surface area contributed by atoms with E-state index in [9.17, 15) is 9.90 Å². The number of benzene rings is 1. The van der Waals surface area contributed by atoms with Crippen LogP contribution < -0.4 is 4.74 Å². The number of fused-ring (bicyclic) bond motifs is 1. The predicted octanol–water partition coefficient (Wildman–Crippen LogP) is 2.12. The molecule has 1 aliphatic carbocycles. The Labute approximate surface area is 101 Å². The quantitative estimate of drug-likeness (QED) is 0.854. The Morgan fingerprint density at radius 3 is 3.06 bits per heavy atom. The van der Waals surface area contributed by atoms with Gasteiger partial charge in [-0.1, -0.05) is 6.07 Å². The number of carbonyl (C=O) groups is 1. The van der Waals surface area contributed by atoms with Crippen molar-refractivity contribution >= 4 is 6.09 Å². The van der Waals surface area contributed by atoms with Crippen LogP contribution in [-0.4, -0.2) is 29.7 Å². The maximum atomic E-state index is 11.6. The lowest BCUT2D eigenvalue weighted by Crippen LogP contribution is -2.29. The van der Waals surface area contributed by atoms with Crippen LogP contribution in [0.1, 0.15) is 30.6 Å². The highest BCUT2D eigenvalue weighted by Gasteiger charge is 2.21. The summed E-state index contributed by atoms with van der Waals surface area (Å²) in [5, 5.41) is 9.74. The van der Waals surface area contributed by atoms with Crippen LogP contribution in [0.15, 0.2) is 18.2 Å². The van der Waals surface area contributed by atoms with Gasteiger partial charge < -0.3 is 14.7 Å². The molecular formula is C13H17NO3. The number of ether oxygens (including phenoxy) is 1. The topological polar surface area (TPSA) is 49.8 Å². The van der Waals surface area contributed by atoms with Crippen LogP contribution in [0.3, 0.4) is 0 Å². The second kappa shape index (κ2) is 4.75. The maximum absolute atomic E-state index is 11.6. The first-order valence-corrected chi connectivity index (χ1v) is 5.85. The Morgan fingerprint density at radius 1 is 1.59 bits per heavy atom. The molecule has 1 aliphatic rings. The van der Waals surface area contributed by atoms with Gasteiger partial charge in [-0.2, -0.15) is 0 Å². The van der Waals surface area contributed by atoms with E-state index in [1.165, 1.54) is 4.90 Å². The number of aliphatic hydroxyl groups is 1. The zero-order chi connectivity index (χ0) is 12.4. The van der Waals surface area contributed by atoms with E-state index in [1.54, 1.807) is 19.2 Å². The third-order valence-electron chi connectivity index (χ3n) is 3.15. The van der Waals surface area contributed by atoms with Crippen LogP contribution in [0, 0.1) is 0 Å². The third-order valence-corrected chi connectivity index (χ3v) is 3.15. The number of rotatable bonds is 2. The first-order valence-electron chi connectivity index (χ1n) is 5.85. The molecule has 1 atom stereocenters. The Morgan fingerprint density at radius 2 is 2.35 bits per heavy atom. The van der Waals surface area contributed by atoms with Crippen LogP contribution in [0.5, 0.6) is 5.75 Å². The van der Waals surface area contributed by atoms with Gasteiger partial charge in [0.15, 0.2) is 0 Å². The molecule has 17 heavy (non-hydrogen) atoms. The molecule has 92 valence electrons. The molecule has 0 heterocycles. The average molecular weight is 235 g/mol. The average Bonchev–Trinajstić information content (AvgIpc) is 2.70. The van der Waals surface area contributed by atoms with Crippen molar-refractivity contribution in [3.8, 4) is 5.75 Å². The number of carbonyl (C=O) groups excluding carboxylic acids is 1. The number of hydrogen-bond donors (Lipinski definition) is 1. The van der Waals surface area contributed by atoms with Gasteiger partial charge in [-0.3, -0.25) is 0 Å². The lowest BCUT2D eigenvalue weighted by molar-refractivity contribution is 0.164. The van der Waals surface area contributed by atoms with E-state index < -0.39 is 6.10 Å². The number of aryl methyl sites for hydroxylation is 1. The van der Waals surface area contributed by atoms with Gasteiger partial charge in [0.2, 0.25) is 0 Å². The van der Waals surface area contributed by atoms with Crippen LogP contribution >= 0.6 is 0 Å². The van der Waals surface area contributed by atoms with Gasteiger partial charge >= 0.3 is 6.09 Å². The molecule has 0 saturated carbocycles. The Hall–Kier alpha value is -1.55. The summed E-state index contributed by atoms with van der Waals surface area (Å²) in [5.41, 5.74) is 2.02. The summed E-state index contributed by atoms with van der Waals surface area (Å²) in [5.74, 6) is 0.495. The number of nitrogens with zero attached hydrogens (tertiary/aromatic N) is 1. The fraction of sp³-hybridized carbons (Fsp3) is 0.462. The summed E-state index contributed by atoms with van der Waals surface area (Å²) >= 11 is 0. The first-order chi connectivity index (χ1) is 8.11. The minimum Gasteiger partial charge on any atom is -0.410 e. The van der Waals surface area contributed by atoms with Crippen LogP contribution in [0.25, 0.3) is 0 Å². The zero-order valence-corrected chi connectivity index (χ0v) is 10.1. The van der Waals surface area contributed by atoms with Crippen LogP contribution in [0.2, 0.25) is 0 Å². The molecule has 0 saturated heterocycles. The highest BCUT2D eigenvalue weighted by molar-refractivity contribution is 5.70. The SMILES string of the molecule is CCN(C)C(=O)Oc1ccc2c(c1)[C@@H](O)CC2. The molecule has 4 heteroatoms. The standard InChI is InChI=1S/C13H17NO3/c1-3-14(2)13(16)17-10-6-4-9-5-7-12(15)11(9)8-10/h4,6,8,12,15H,3,5,7H2,1-2H3/t12-/m0/s1. The molecule has 0 fully saturated rings. The van der Waals surface area contributed by atoms with Gasteiger partial charge in [0, 0.05) is 13.6 Å². The van der Waals surface area contributed by atoms with E-state index in [0.717, 1.165) is 24.0 Å². The molecule has 4 nitrogen and oxygen atoms in total. The molecule has 0 radical (unpaired) electrons. The van der Waals surface area contributed by atoms with Crippen molar-refractivity contribution in [2.75, 3.05) is 13.6 Å². The van der Waals surface area contributed by atoms with Crippen molar-refractivity contribution in [2.24, 2.45) is 0 Å². The summed E-state index contributed by atoms with van der Waals surface area (Å²) in [6, 6.07) is 5.45. The fourth-order valence-corrected chi connectivity index (χ4v) is 1.93. The van der Waals surface area contributed by atoms with Gasteiger partial charge in [0.25, 0.3) is 0 Å². The van der Waals surface area contributed by atoms with Crippen molar-refractivity contribution in [3.05, 3.63) is 29.3 Å². The number of aliphatic hydroxyl groups excluding tert-OH is 1. The van der Waals surface area contributed by atoms with E-state index in [2.05, 4.69) is 0 Å². The summed E-state index contributed by atoms with van der Waals surface area (Å²) < 4.78 is 5.22. The molecule has 0 aromatic heterocycles. The lowest BCUT2D eigenvalue weighted by Gasteiger charge is -2.15. The monoisotopic (exact) mass is 235 g/mol. The molecule has 0 spiro atoms. The smallest absolute Gasteiger partial charge is 0.410 e. The Kier molecular flexibility index (Phi) is 3.33. The van der Waals surface area contributed by atoms with Crippen LogP contribution in [-0.2, 0) is 6.42 Å². The van der Waals surface area contributed by atoms with Gasteiger partial charge in [0.1, 0.15) is 5.75 Å². The van der Waals surface area contributed by atoms with Crippen molar-refractivity contribution in [1.82, 2.24) is 4.90 Å². The lowest BCUT2D eigenvalue weighted by atomic mass is 10.1. The van der Waals surface area contributed by atoms with Gasteiger partial charge in [0.05, 0.1) is 6.10 Å². The molecule has 0 aliphatic heterocycles. The number of amides is 1. The molecule has 1 amide bonds. The summed E-state index contributed by atoms with van der Waals surface area (Å²) in [6.45, 7) is 2.49. The van der Waals surface area contributed by atoms with E-state index in [1.807, 2.05) is 13.0 Å². The van der Waals surface area contributed by atoms with Crippen molar-refractivity contribution < 1.29 is 14.6 Å². The molecule has 0 unspecified atom stereocenters. The third kappa shape index (κ3) is 2.42. The highest BCUT2D eigenvalue weighted by atomic mass is 16.6. The zero-order valence-electron chi connectivity index (χ0n) is 10.1. The minimum atomic E-state index is -0.424. The molecule has 1 N–H and O–H groups in total. The highest BCUT2D eigenvalue weighted by Crippen LogP contribution is 2.33. The molecule has 1 aromatic rings. The van der Waals surface area contributed by atoms with E-state index in [-0.39, 0.29) is 6.09 Å². The van der Waals surface area contributed by atoms with E-state index in [4.69, 9.17) is 4.74 Å². The van der Waals surface area contributed by atoms with Gasteiger partial charge in [-0.05, 0) is 43.0 Å². The van der Waals surface area contributed by atoms with Gasteiger partial charge in [-0.25, -0.2) is 4.79 Å². The van der Waals surface area contributed by atoms with Crippen LogP contribution in [0.4, 0.5) is 4.79 Å². The van der Waals surface area contributed by atoms with Crippen molar-refractivity contribution in [1.29, 1.82) is 0 Å². The van der Waals surface area contributed by atoms with Gasteiger partial charge in [-0.15, -0.1) is 0 Å². The largest absolute Gasteiger partial charge is 0.414 e. The van der Waals surface area contributed by atoms with Crippen molar-refractivity contribution in [2.45, 2.75) is 25.9 Å². The molecule has 2 rings (SSSR count). The normalized spacial score (nSPS) is 17.7. The second-order valence-corrected chi connectivity index (χ2v) is 4.30. The maximum Gasteiger partial charge on any atom is 0.414 e. The number of hydrogen-bond acceptors (Lipinski definition) is 3. The molecule has 0 bridgehead atoms. The first kappa shape index (κ1) is 11.9. The van der Waals surface area contributed by atoms with Crippen molar-refractivity contribution in [3.63, 3.8) is 0 Å². The summed E-state index contributed by atoms with van der Waals surface area (Å²) in [6.07, 6.45) is 0.841. The minimum absolute atomic E-state index is 0.375. The van der Waals surface area contributed by atoms with E-state index >= 15 is 0 Å². The Balaban J connectivity index is 2.13. The fourth-order valence-electron chi connectivity index (χ4n) is 1.93. The summed E-state index contributed by atoms with van der Waals surface area (Å²) in [4.78, 5) is 13.1.